The lowest BCUT2D eigenvalue weighted by atomic mass is 10.0. The second-order valence-electron chi connectivity index (χ2n) is 5.65. The number of rotatable bonds is 1. The predicted octanol–water partition coefficient (Wildman–Crippen LogP) is 3.12. The highest BCUT2D eigenvalue weighted by Crippen LogP contribution is 2.19. The van der Waals surface area contributed by atoms with Gasteiger partial charge >= 0.3 is 0 Å². The third kappa shape index (κ3) is 3.33. The van der Waals surface area contributed by atoms with Gasteiger partial charge < -0.3 is 10.2 Å². The second kappa shape index (κ2) is 7.09. The zero-order valence-corrected chi connectivity index (χ0v) is 12.7. The van der Waals surface area contributed by atoms with Gasteiger partial charge in [0.25, 0.3) is 5.91 Å². The van der Waals surface area contributed by atoms with Gasteiger partial charge in [0, 0.05) is 31.7 Å². The van der Waals surface area contributed by atoms with Gasteiger partial charge in [0.2, 0.25) is 0 Å². The third-order valence-electron chi connectivity index (χ3n) is 4.23. The van der Waals surface area contributed by atoms with E-state index in [1.165, 1.54) is 30.4 Å². The van der Waals surface area contributed by atoms with E-state index < -0.39 is 0 Å². The lowest BCUT2D eigenvalue weighted by Crippen LogP contribution is -2.33. The zero-order valence-electron chi connectivity index (χ0n) is 11.9. The molecule has 0 aliphatic carbocycles. The summed E-state index contributed by atoms with van der Waals surface area (Å²) in [6.45, 7) is 3.69. The predicted molar refractivity (Wildman–Crippen MR) is 83.2 cm³/mol. The van der Waals surface area contributed by atoms with Crippen molar-refractivity contribution in [3.8, 4) is 0 Å². The van der Waals surface area contributed by atoms with Gasteiger partial charge in [-0.25, -0.2) is 0 Å². The Bertz CT molecular complexity index is 468. The molecule has 0 radical (unpaired) electrons. The summed E-state index contributed by atoms with van der Waals surface area (Å²) >= 11 is 0. The Morgan fingerprint density at radius 2 is 1.60 bits per heavy atom. The zero-order chi connectivity index (χ0) is 13.1. The molecule has 1 aromatic rings. The Kier molecular flexibility index (Phi) is 5.44. The Morgan fingerprint density at radius 3 is 2.35 bits per heavy atom. The molecular weight excluding hydrogens is 272 g/mol. The molecule has 2 aliphatic rings. The molecule has 2 heterocycles. The molecule has 1 aromatic carbocycles. The van der Waals surface area contributed by atoms with Crippen LogP contribution in [0.25, 0.3) is 0 Å². The fraction of sp³-hybridized carbons (Fsp3) is 0.562. The molecule has 0 spiro atoms. The average Bonchev–Trinajstić information content (AvgIpc) is 2.84. The number of likely N-dealkylation sites (tertiary alicyclic amines) is 1. The van der Waals surface area contributed by atoms with Gasteiger partial charge in [-0.15, -0.1) is 12.4 Å². The summed E-state index contributed by atoms with van der Waals surface area (Å²) in [7, 11) is 0. The van der Waals surface area contributed by atoms with Gasteiger partial charge in [0.15, 0.2) is 0 Å². The summed E-state index contributed by atoms with van der Waals surface area (Å²) in [6.07, 6.45) is 6.15. The summed E-state index contributed by atoms with van der Waals surface area (Å²) in [5, 5.41) is 3.33. The van der Waals surface area contributed by atoms with Crippen LogP contribution < -0.4 is 5.32 Å². The molecule has 110 valence electrons. The normalized spacial score (nSPS) is 18.7. The summed E-state index contributed by atoms with van der Waals surface area (Å²) in [5.41, 5.74) is 3.49. The number of benzene rings is 1. The minimum atomic E-state index is 0. The lowest BCUT2D eigenvalue weighted by molar-refractivity contribution is 0.0742. The molecule has 3 nitrogen and oxygen atoms in total. The number of fused-ring (bicyclic) bond motifs is 1. The number of nitrogens with zero attached hydrogens (tertiary/aromatic N) is 1. The molecule has 2 aliphatic heterocycles. The molecule has 1 fully saturated rings. The molecule has 3 rings (SSSR count). The van der Waals surface area contributed by atoms with E-state index in [0.717, 1.165) is 44.6 Å². The van der Waals surface area contributed by atoms with Gasteiger partial charge in [-0.05, 0) is 36.1 Å². The van der Waals surface area contributed by atoms with E-state index in [1.807, 2.05) is 11.0 Å². The van der Waals surface area contributed by atoms with Crippen molar-refractivity contribution in [1.29, 1.82) is 0 Å². The number of carbonyl (C=O) groups excluding carboxylic acids is 1. The number of hydrogen-bond acceptors (Lipinski definition) is 2. The molecule has 0 aromatic heterocycles. The van der Waals surface area contributed by atoms with Gasteiger partial charge in [-0.2, -0.15) is 0 Å². The fourth-order valence-corrected chi connectivity index (χ4v) is 3.06. The molecule has 0 bridgehead atoms. The summed E-state index contributed by atoms with van der Waals surface area (Å²) in [5.74, 6) is 0.219. The summed E-state index contributed by atoms with van der Waals surface area (Å²) in [6, 6.07) is 6.18. The van der Waals surface area contributed by atoms with E-state index in [-0.39, 0.29) is 18.3 Å². The first-order chi connectivity index (χ1) is 9.34. The van der Waals surface area contributed by atoms with E-state index in [1.54, 1.807) is 0 Å². The number of carbonyl (C=O) groups is 1. The van der Waals surface area contributed by atoms with E-state index >= 15 is 0 Å². The van der Waals surface area contributed by atoms with Crippen LogP contribution in [0.3, 0.4) is 0 Å². The molecular formula is C16H23ClN2O. The first-order valence-corrected chi connectivity index (χ1v) is 7.46. The standard InChI is InChI=1S/C16H22N2O.ClH/c19-16(18-8-4-2-1-3-5-9-18)13-6-7-14-11-17-12-15(14)10-13;/h6-7,10,17H,1-5,8-9,11-12H2;1H. The average molecular weight is 295 g/mol. The lowest BCUT2D eigenvalue weighted by Gasteiger charge is -2.25. The number of halogens is 1. The Morgan fingerprint density at radius 1 is 0.950 bits per heavy atom. The first-order valence-electron chi connectivity index (χ1n) is 7.46. The number of amides is 1. The SMILES string of the molecule is Cl.O=C(c1ccc2c(c1)CNC2)N1CCCCCCC1. The van der Waals surface area contributed by atoms with Crippen molar-refractivity contribution in [3.05, 3.63) is 34.9 Å². The third-order valence-corrected chi connectivity index (χ3v) is 4.23. The van der Waals surface area contributed by atoms with Crippen molar-refractivity contribution in [2.45, 2.75) is 45.2 Å². The highest BCUT2D eigenvalue weighted by atomic mass is 35.5. The Balaban J connectivity index is 0.00000147. The summed E-state index contributed by atoms with van der Waals surface area (Å²) < 4.78 is 0. The maximum absolute atomic E-state index is 12.6. The maximum atomic E-state index is 12.6. The van der Waals surface area contributed by atoms with E-state index in [4.69, 9.17) is 0 Å². The van der Waals surface area contributed by atoms with Crippen LogP contribution in [0.2, 0.25) is 0 Å². The first kappa shape index (κ1) is 15.3. The van der Waals surface area contributed by atoms with Gasteiger partial charge in [-0.1, -0.05) is 25.3 Å². The number of nitrogens with one attached hydrogen (secondary N) is 1. The molecule has 1 saturated heterocycles. The Labute approximate surface area is 127 Å². The topological polar surface area (TPSA) is 32.3 Å². The van der Waals surface area contributed by atoms with Crippen LogP contribution in [0.15, 0.2) is 18.2 Å². The monoisotopic (exact) mass is 294 g/mol. The van der Waals surface area contributed by atoms with Crippen LogP contribution in [0.5, 0.6) is 0 Å². The smallest absolute Gasteiger partial charge is 0.253 e. The highest BCUT2D eigenvalue weighted by molar-refractivity contribution is 5.94. The van der Waals surface area contributed by atoms with Gasteiger partial charge in [0.05, 0.1) is 0 Å². The van der Waals surface area contributed by atoms with E-state index in [9.17, 15) is 4.79 Å². The maximum Gasteiger partial charge on any atom is 0.253 e. The largest absolute Gasteiger partial charge is 0.339 e. The molecule has 1 N–H and O–H groups in total. The van der Waals surface area contributed by atoms with Crippen LogP contribution in [0, 0.1) is 0 Å². The van der Waals surface area contributed by atoms with Crippen LogP contribution in [-0.2, 0) is 13.1 Å². The Hall–Kier alpha value is -1.06. The van der Waals surface area contributed by atoms with Crippen molar-refractivity contribution in [2.24, 2.45) is 0 Å². The fourth-order valence-electron chi connectivity index (χ4n) is 3.06. The number of hydrogen-bond donors (Lipinski definition) is 1. The molecule has 1 amide bonds. The van der Waals surface area contributed by atoms with E-state index in [0.29, 0.717) is 0 Å². The van der Waals surface area contributed by atoms with Crippen LogP contribution in [-0.4, -0.2) is 23.9 Å². The molecule has 0 unspecified atom stereocenters. The van der Waals surface area contributed by atoms with Gasteiger partial charge in [-0.3, -0.25) is 4.79 Å². The highest BCUT2D eigenvalue weighted by Gasteiger charge is 2.19. The molecule has 0 atom stereocenters. The molecule has 20 heavy (non-hydrogen) atoms. The quantitative estimate of drug-likeness (QED) is 0.863. The van der Waals surface area contributed by atoms with Crippen molar-refractivity contribution in [2.75, 3.05) is 13.1 Å². The van der Waals surface area contributed by atoms with E-state index in [2.05, 4.69) is 17.4 Å². The van der Waals surface area contributed by atoms with Crippen LogP contribution in [0.4, 0.5) is 0 Å². The van der Waals surface area contributed by atoms with Gasteiger partial charge in [0.1, 0.15) is 0 Å². The van der Waals surface area contributed by atoms with Crippen LogP contribution in [0.1, 0.15) is 53.6 Å². The molecule has 4 heteroatoms. The van der Waals surface area contributed by atoms with Crippen molar-refractivity contribution < 1.29 is 4.79 Å². The molecule has 0 saturated carbocycles. The second-order valence-corrected chi connectivity index (χ2v) is 5.65. The minimum Gasteiger partial charge on any atom is -0.339 e. The van der Waals surface area contributed by atoms with Crippen LogP contribution >= 0.6 is 12.4 Å². The minimum absolute atomic E-state index is 0. The van der Waals surface area contributed by atoms with Crippen molar-refractivity contribution >= 4 is 18.3 Å². The van der Waals surface area contributed by atoms with Crippen molar-refractivity contribution in [3.63, 3.8) is 0 Å². The van der Waals surface area contributed by atoms with Crippen molar-refractivity contribution in [1.82, 2.24) is 10.2 Å². The summed E-state index contributed by atoms with van der Waals surface area (Å²) in [4.78, 5) is 14.6.